The minimum atomic E-state index is -0.386. The summed E-state index contributed by atoms with van der Waals surface area (Å²) < 4.78 is 18.8. The van der Waals surface area contributed by atoms with Crippen LogP contribution in [0.25, 0.3) is 5.57 Å². The van der Waals surface area contributed by atoms with Crippen LogP contribution in [-0.4, -0.2) is 22.7 Å². The van der Waals surface area contributed by atoms with Crippen molar-refractivity contribution in [2.24, 2.45) is 5.41 Å². The van der Waals surface area contributed by atoms with Gasteiger partial charge in [0.1, 0.15) is 5.82 Å². The topological polar surface area (TPSA) is 64.1 Å². The zero-order valence-corrected chi connectivity index (χ0v) is 22.8. The van der Waals surface area contributed by atoms with Crippen LogP contribution in [0.3, 0.4) is 0 Å². The maximum Gasteiger partial charge on any atom is 0.335 e. The zero-order chi connectivity index (χ0) is 27.0. The average molecular weight is 504 g/mol. The SMILES string of the molecule is CC(C)=CCC[C@@]1(C)CC=C(CNc2ccc(F)cc2)c2nnc(C)cc2[C@@H]1/C=C/OC(=O)C=C(C)C. The summed E-state index contributed by atoms with van der Waals surface area (Å²) in [6.45, 7) is 12.7. The number of benzene rings is 1. The van der Waals surface area contributed by atoms with Crippen LogP contribution in [0.5, 0.6) is 0 Å². The molecule has 1 aliphatic rings. The Morgan fingerprint density at radius 2 is 1.89 bits per heavy atom. The van der Waals surface area contributed by atoms with Crippen molar-refractivity contribution in [2.75, 3.05) is 11.9 Å². The van der Waals surface area contributed by atoms with E-state index < -0.39 is 0 Å². The number of allylic oxidation sites excluding steroid dienone is 5. The van der Waals surface area contributed by atoms with Gasteiger partial charge in [0.15, 0.2) is 0 Å². The molecule has 0 aliphatic heterocycles. The number of carbonyl (C=O) groups is 1. The number of carbonyl (C=O) groups excluding carboxylic acids is 1. The van der Waals surface area contributed by atoms with Gasteiger partial charge >= 0.3 is 5.97 Å². The van der Waals surface area contributed by atoms with E-state index in [2.05, 4.69) is 54.5 Å². The number of hydrogen-bond donors (Lipinski definition) is 1. The Labute approximate surface area is 220 Å². The second-order valence-electron chi connectivity index (χ2n) is 10.5. The Morgan fingerprint density at radius 1 is 1.16 bits per heavy atom. The van der Waals surface area contributed by atoms with Crippen LogP contribution in [-0.2, 0) is 9.53 Å². The standard InChI is InChI=1S/C31H38FN3O2/c1-21(2)8-7-15-31(6)16-13-24(20-33-26-11-9-25(32)10-12-26)30-27(19-23(5)34-35-30)28(31)14-17-37-29(36)18-22(3)4/h8-14,17-19,28,33H,7,15-16,20H2,1-6H3/b17-14+/t28-,31-/m0/s1. The second kappa shape index (κ2) is 12.6. The summed E-state index contributed by atoms with van der Waals surface area (Å²) in [6, 6.07) is 8.43. The smallest absolute Gasteiger partial charge is 0.335 e. The third-order valence-corrected chi connectivity index (χ3v) is 6.61. The van der Waals surface area contributed by atoms with E-state index in [1.807, 2.05) is 26.8 Å². The molecule has 1 aromatic heterocycles. The lowest BCUT2D eigenvalue weighted by Gasteiger charge is -2.35. The fraction of sp³-hybridized carbons (Fsp3) is 0.387. The molecule has 0 bridgehead atoms. The van der Waals surface area contributed by atoms with Gasteiger partial charge in [-0.15, -0.1) is 0 Å². The van der Waals surface area contributed by atoms with Crippen molar-refractivity contribution in [3.05, 3.63) is 94.8 Å². The molecule has 0 fully saturated rings. The van der Waals surface area contributed by atoms with Gasteiger partial charge in [-0.05, 0) is 107 Å². The number of rotatable bonds is 9. The maximum absolute atomic E-state index is 13.4. The van der Waals surface area contributed by atoms with Gasteiger partial charge in [-0.2, -0.15) is 10.2 Å². The van der Waals surface area contributed by atoms with E-state index in [1.165, 1.54) is 30.0 Å². The van der Waals surface area contributed by atoms with Gasteiger partial charge in [0, 0.05) is 24.2 Å². The molecule has 1 N–H and O–H groups in total. The van der Waals surface area contributed by atoms with Gasteiger partial charge in [-0.1, -0.05) is 30.2 Å². The summed E-state index contributed by atoms with van der Waals surface area (Å²) in [6.07, 6.45) is 12.2. The van der Waals surface area contributed by atoms with E-state index in [4.69, 9.17) is 4.74 Å². The fourth-order valence-electron chi connectivity index (χ4n) is 4.61. The molecule has 0 spiro atoms. The van der Waals surface area contributed by atoms with E-state index in [0.717, 1.165) is 53.0 Å². The molecule has 0 amide bonds. The van der Waals surface area contributed by atoms with Gasteiger partial charge in [-0.3, -0.25) is 0 Å². The van der Waals surface area contributed by atoms with Crippen molar-refractivity contribution >= 4 is 17.2 Å². The molecule has 2 atom stereocenters. The van der Waals surface area contributed by atoms with E-state index >= 15 is 0 Å². The number of nitrogens with one attached hydrogen (secondary N) is 1. The summed E-state index contributed by atoms with van der Waals surface area (Å²) in [5, 5.41) is 12.4. The minimum absolute atomic E-state index is 0.0404. The third-order valence-electron chi connectivity index (χ3n) is 6.61. The summed E-state index contributed by atoms with van der Waals surface area (Å²) in [4.78, 5) is 12.1. The Balaban J connectivity index is 1.99. The summed E-state index contributed by atoms with van der Waals surface area (Å²) in [5.41, 5.74) is 6.63. The van der Waals surface area contributed by atoms with Crippen LogP contribution in [0.4, 0.5) is 10.1 Å². The second-order valence-corrected chi connectivity index (χ2v) is 10.5. The number of ether oxygens (including phenoxy) is 1. The highest BCUT2D eigenvalue weighted by atomic mass is 19.1. The number of aromatic nitrogens is 2. The predicted octanol–water partition coefficient (Wildman–Crippen LogP) is 7.68. The number of fused-ring (bicyclic) bond motifs is 1. The van der Waals surface area contributed by atoms with Crippen molar-refractivity contribution in [3.63, 3.8) is 0 Å². The predicted molar refractivity (Wildman–Crippen MR) is 148 cm³/mol. The summed E-state index contributed by atoms with van der Waals surface area (Å²) in [5.74, 6) is -0.693. The lowest BCUT2D eigenvalue weighted by molar-refractivity contribution is -0.132. The number of esters is 1. The highest BCUT2D eigenvalue weighted by Crippen LogP contribution is 2.48. The van der Waals surface area contributed by atoms with Crippen LogP contribution < -0.4 is 5.32 Å². The van der Waals surface area contributed by atoms with Gasteiger partial charge in [0.05, 0.1) is 17.6 Å². The zero-order valence-electron chi connectivity index (χ0n) is 22.8. The lowest BCUT2D eigenvalue weighted by atomic mass is 9.69. The molecule has 0 saturated carbocycles. The van der Waals surface area contributed by atoms with E-state index in [-0.39, 0.29) is 23.1 Å². The molecular weight excluding hydrogens is 465 g/mol. The highest BCUT2D eigenvalue weighted by molar-refractivity contribution is 5.83. The van der Waals surface area contributed by atoms with Crippen LogP contribution in [0.2, 0.25) is 0 Å². The Bertz CT molecular complexity index is 1220. The minimum Gasteiger partial charge on any atom is -0.432 e. The quantitative estimate of drug-likeness (QED) is 0.164. The van der Waals surface area contributed by atoms with Crippen molar-refractivity contribution in [3.8, 4) is 0 Å². The van der Waals surface area contributed by atoms with Crippen molar-refractivity contribution in [1.29, 1.82) is 0 Å². The monoisotopic (exact) mass is 503 g/mol. The largest absolute Gasteiger partial charge is 0.432 e. The van der Waals surface area contributed by atoms with Crippen LogP contribution in [0.15, 0.2) is 72.0 Å². The number of anilines is 1. The molecule has 196 valence electrons. The lowest BCUT2D eigenvalue weighted by Crippen LogP contribution is -2.24. The Hall–Kier alpha value is -3.54. The molecular formula is C31H38FN3O2. The first-order valence-corrected chi connectivity index (χ1v) is 12.8. The van der Waals surface area contributed by atoms with Crippen LogP contribution in [0, 0.1) is 18.2 Å². The van der Waals surface area contributed by atoms with Gasteiger partial charge in [0.2, 0.25) is 0 Å². The molecule has 0 radical (unpaired) electrons. The van der Waals surface area contributed by atoms with E-state index in [0.29, 0.717) is 6.54 Å². The van der Waals surface area contributed by atoms with E-state index in [9.17, 15) is 9.18 Å². The summed E-state index contributed by atoms with van der Waals surface area (Å²) in [7, 11) is 0. The molecule has 1 heterocycles. The van der Waals surface area contributed by atoms with Gasteiger partial charge in [0.25, 0.3) is 0 Å². The molecule has 1 aliphatic carbocycles. The first kappa shape index (κ1) is 28.0. The Kier molecular flexibility index (Phi) is 9.56. The molecule has 1 aromatic carbocycles. The van der Waals surface area contributed by atoms with E-state index in [1.54, 1.807) is 12.1 Å². The number of halogens is 1. The number of hydrogen-bond acceptors (Lipinski definition) is 5. The van der Waals surface area contributed by atoms with Crippen LogP contribution in [0.1, 0.15) is 76.8 Å². The molecule has 0 unspecified atom stereocenters. The maximum atomic E-state index is 13.4. The molecule has 3 rings (SSSR count). The number of nitrogens with zero attached hydrogens (tertiary/aromatic N) is 2. The molecule has 6 heteroatoms. The molecule has 0 saturated heterocycles. The van der Waals surface area contributed by atoms with Crippen molar-refractivity contribution in [1.82, 2.24) is 10.2 Å². The summed E-state index contributed by atoms with van der Waals surface area (Å²) >= 11 is 0. The van der Waals surface area contributed by atoms with Crippen molar-refractivity contribution < 1.29 is 13.9 Å². The highest BCUT2D eigenvalue weighted by Gasteiger charge is 2.37. The van der Waals surface area contributed by atoms with Gasteiger partial charge < -0.3 is 10.1 Å². The first-order chi connectivity index (χ1) is 17.6. The third kappa shape index (κ3) is 7.97. The Morgan fingerprint density at radius 3 is 2.57 bits per heavy atom. The molecule has 2 aromatic rings. The fourth-order valence-corrected chi connectivity index (χ4v) is 4.61. The molecule has 5 nitrogen and oxygen atoms in total. The van der Waals surface area contributed by atoms with Crippen molar-refractivity contribution in [2.45, 2.75) is 66.7 Å². The normalized spacial score (nSPS) is 18.9. The van der Waals surface area contributed by atoms with Crippen LogP contribution >= 0.6 is 0 Å². The number of aryl methyl sites for hydroxylation is 1. The first-order valence-electron chi connectivity index (χ1n) is 12.8. The van der Waals surface area contributed by atoms with Gasteiger partial charge in [-0.25, -0.2) is 9.18 Å². The average Bonchev–Trinajstić information content (AvgIpc) is 2.93. The molecule has 37 heavy (non-hydrogen) atoms.